The van der Waals surface area contributed by atoms with Crippen LogP contribution in [0.1, 0.15) is 26.3 Å². The van der Waals surface area contributed by atoms with Gasteiger partial charge < -0.3 is 24.0 Å². The molecule has 1 amide bonds. The number of rotatable bonds is 5. The van der Waals surface area contributed by atoms with Crippen LogP contribution in [0.4, 0.5) is 10.6 Å². The van der Waals surface area contributed by atoms with E-state index in [2.05, 4.69) is 15.0 Å². The molecule has 4 aromatic rings. The van der Waals surface area contributed by atoms with E-state index in [-0.39, 0.29) is 12.9 Å². The van der Waals surface area contributed by atoms with E-state index in [1.807, 2.05) is 59.1 Å². The van der Waals surface area contributed by atoms with Crippen molar-refractivity contribution >= 4 is 34.0 Å². The number of benzene rings is 1. The largest absolute Gasteiger partial charge is 0.466 e. The smallest absolute Gasteiger partial charge is 0.410 e. The Hall–Kier alpha value is -3.99. The molecule has 0 N–H and O–H groups in total. The number of amides is 1. The molecule has 0 aliphatic carbocycles. The van der Waals surface area contributed by atoms with Gasteiger partial charge in [-0.25, -0.2) is 19.7 Å². The first-order valence-electron chi connectivity index (χ1n) is 12.6. The minimum Gasteiger partial charge on any atom is -0.466 e. The third kappa shape index (κ3) is 5.19. The molecule has 11 nitrogen and oxygen atoms in total. The molecule has 4 heterocycles. The molecule has 1 saturated heterocycles. The van der Waals surface area contributed by atoms with Crippen LogP contribution in [0, 0.1) is 6.92 Å². The van der Waals surface area contributed by atoms with Gasteiger partial charge in [-0.15, -0.1) is 0 Å². The van der Waals surface area contributed by atoms with Crippen molar-refractivity contribution in [2.24, 2.45) is 7.05 Å². The van der Waals surface area contributed by atoms with Gasteiger partial charge in [0, 0.05) is 63.0 Å². The third-order valence-electron chi connectivity index (χ3n) is 6.34. The van der Waals surface area contributed by atoms with E-state index >= 15 is 0 Å². The van der Waals surface area contributed by atoms with E-state index in [1.54, 1.807) is 22.9 Å². The fraction of sp³-hybridized carbons (Fsp3) is 0.444. The van der Waals surface area contributed by atoms with E-state index in [1.165, 1.54) is 0 Å². The number of aryl methyl sites for hydroxylation is 2. The number of ether oxygens (including phenoxy) is 3. The summed E-state index contributed by atoms with van der Waals surface area (Å²) in [7, 11) is 3.49. The van der Waals surface area contributed by atoms with Gasteiger partial charge in [0.25, 0.3) is 0 Å². The zero-order valence-corrected chi connectivity index (χ0v) is 22.7. The van der Waals surface area contributed by atoms with Gasteiger partial charge in [-0.1, -0.05) is 0 Å². The fourth-order valence-electron chi connectivity index (χ4n) is 4.57. The van der Waals surface area contributed by atoms with Gasteiger partial charge in [0.1, 0.15) is 22.7 Å². The molecule has 0 bridgehead atoms. The number of pyridine rings is 1. The molecule has 1 fully saturated rings. The number of aromatic nitrogens is 5. The van der Waals surface area contributed by atoms with E-state index in [4.69, 9.17) is 24.2 Å². The van der Waals surface area contributed by atoms with Crippen molar-refractivity contribution in [2.75, 3.05) is 45.0 Å². The molecule has 11 heteroatoms. The van der Waals surface area contributed by atoms with Gasteiger partial charge in [-0.05, 0) is 45.9 Å². The first-order valence-corrected chi connectivity index (χ1v) is 12.6. The number of methoxy groups -OCH3 is 1. The van der Waals surface area contributed by atoms with E-state index in [0.717, 1.165) is 33.5 Å². The number of hydrogen-bond acceptors (Lipinski definition) is 9. The van der Waals surface area contributed by atoms with Gasteiger partial charge in [-0.2, -0.15) is 5.10 Å². The lowest BCUT2D eigenvalue weighted by Crippen LogP contribution is -2.50. The second kappa shape index (κ2) is 10.1. The molecule has 1 aliphatic heterocycles. The molecule has 3 aromatic heterocycles. The number of carbonyl (C=O) groups is 1. The second-order valence-electron chi connectivity index (χ2n) is 10.4. The molecular formula is C27H33N7O4. The molecule has 0 spiro atoms. The summed E-state index contributed by atoms with van der Waals surface area (Å²) < 4.78 is 18.4. The summed E-state index contributed by atoms with van der Waals surface area (Å²) >= 11 is 0. The number of piperazine rings is 1. The maximum atomic E-state index is 12.4. The second-order valence-corrected chi connectivity index (χ2v) is 10.4. The van der Waals surface area contributed by atoms with Crippen molar-refractivity contribution < 1.29 is 19.0 Å². The summed E-state index contributed by atoms with van der Waals surface area (Å²) in [5, 5.41) is 5.57. The summed E-state index contributed by atoms with van der Waals surface area (Å²) in [5.41, 5.74) is 4.09. The zero-order valence-electron chi connectivity index (χ0n) is 22.7. The topological polar surface area (TPSA) is 108 Å². The standard InChI is InChI=1S/C27H33N7O4/c1-17-23-18(15-32(5)31-23)13-19(24(17)37-16-36-6)20-7-8-21-25(30-20)28-14-22(29-21)33-9-11-34(12-10-33)26(35)38-27(2,3)4/h7-8,13-15H,9-12,16H2,1-6H3. The highest BCUT2D eigenvalue weighted by atomic mass is 16.7. The number of nitrogens with zero attached hydrogens (tertiary/aromatic N) is 7. The van der Waals surface area contributed by atoms with Gasteiger partial charge in [0.2, 0.25) is 0 Å². The zero-order chi connectivity index (χ0) is 27.0. The van der Waals surface area contributed by atoms with Crippen LogP contribution in [0.25, 0.3) is 33.3 Å². The summed E-state index contributed by atoms with van der Waals surface area (Å²) in [6.45, 7) is 10.1. The molecule has 200 valence electrons. The molecule has 38 heavy (non-hydrogen) atoms. The van der Waals surface area contributed by atoms with Gasteiger partial charge >= 0.3 is 6.09 Å². The van der Waals surface area contributed by atoms with Gasteiger partial charge in [0.05, 0.1) is 17.4 Å². The Kier molecular flexibility index (Phi) is 6.78. The van der Waals surface area contributed by atoms with Crippen molar-refractivity contribution in [3.05, 3.63) is 36.2 Å². The Morgan fingerprint density at radius 3 is 2.58 bits per heavy atom. The predicted octanol–water partition coefficient (Wildman–Crippen LogP) is 3.93. The monoisotopic (exact) mass is 519 g/mol. The highest BCUT2D eigenvalue weighted by Gasteiger charge is 2.26. The Labute approximate surface area is 221 Å². The Balaban J connectivity index is 1.39. The Morgan fingerprint density at radius 2 is 1.87 bits per heavy atom. The molecule has 0 radical (unpaired) electrons. The fourth-order valence-corrected chi connectivity index (χ4v) is 4.57. The predicted molar refractivity (Wildman–Crippen MR) is 144 cm³/mol. The summed E-state index contributed by atoms with van der Waals surface area (Å²) in [4.78, 5) is 30.5. The van der Waals surface area contributed by atoms with Crippen LogP contribution in [0.5, 0.6) is 5.75 Å². The summed E-state index contributed by atoms with van der Waals surface area (Å²) in [6.07, 6.45) is 3.42. The molecule has 1 aromatic carbocycles. The quantitative estimate of drug-likeness (QED) is 0.363. The maximum Gasteiger partial charge on any atom is 0.410 e. The molecule has 0 unspecified atom stereocenters. The number of fused-ring (bicyclic) bond motifs is 2. The van der Waals surface area contributed by atoms with Crippen LogP contribution in [0.3, 0.4) is 0 Å². The van der Waals surface area contributed by atoms with Crippen molar-refractivity contribution in [3.63, 3.8) is 0 Å². The Morgan fingerprint density at radius 1 is 1.11 bits per heavy atom. The van der Waals surface area contributed by atoms with Crippen LogP contribution in [-0.4, -0.2) is 81.4 Å². The lowest BCUT2D eigenvalue weighted by atomic mass is 10.0. The lowest BCUT2D eigenvalue weighted by molar-refractivity contribution is 0.0240. The van der Waals surface area contributed by atoms with Crippen LogP contribution < -0.4 is 9.64 Å². The highest BCUT2D eigenvalue weighted by molar-refractivity contribution is 5.91. The lowest BCUT2D eigenvalue weighted by Gasteiger charge is -2.36. The highest BCUT2D eigenvalue weighted by Crippen LogP contribution is 2.37. The molecular weight excluding hydrogens is 486 g/mol. The van der Waals surface area contributed by atoms with Crippen molar-refractivity contribution in [1.29, 1.82) is 0 Å². The third-order valence-corrected chi connectivity index (χ3v) is 6.34. The first kappa shape index (κ1) is 25.7. The number of hydrogen-bond donors (Lipinski definition) is 0. The average Bonchev–Trinajstić information content (AvgIpc) is 3.27. The maximum absolute atomic E-state index is 12.4. The minimum atomic E-state index is -0.511. The minimum absolute atomic E-state index is 0.115. The molecule has 5 rings (SSSR count). The first-order chi connectivity index (χ1) is 18.1. The van der Waals surface area contributed by atoms with Crippen molar-refractivity contribution in [3.8, 4) is 17.0 Å². The summed E-state index contributed by atoms with van der Waals surface area (Å²) in [6, 6.07) is 5.88. The summed E-state index contributed by atoms with van der Waals surface area (Å²) in [5.74, 6) is 1.44. The van der Waals surface area contributed by atoms with Crippen molar-refractivity contribution in [1.82, 2.24) is 29.6 Å². The molecule has 1 aliphatic rings. The normalized spacial score (nSPS) is 14.4. The van der Waals surface area contributed by atoms with Crippen LogP contribution in [0.15, 0.2) is 30.6 Å². The van der Waals surface area contributed by atoms with Crippen LogP contribution in [0.2, 0.25) is 0 Å². The van der Waals surface area contributed by atoms with Gasteiger partial charge in [-0.3, -0.25) is 4.68 Å². The SMILES string of the molecule is COCOc1c(-c2ccc3nc(N4CCN(C(=O)OC(C)(C)C)CC4)cnc3n2)cc2cn(C)nc2c1C. The Bertz CT molecular complexity index is 1490. The molecule has 0 saturated carbocycles. The molecule has 0 atom stereocenters. The van der Waals surface area contributed by atoms with Crippen molar-refractivity contribution in [2.45, 2.75) is 33.3 Å². The van der Waals surface area contributed by atoms with Crippen LogP contribution >= 0.6 is 0 Å². The van der Waals surface area contributed by atoms with E-state index in [0.29, 0.717) is 43.1 Å². The van der Waals surface area contributed by atoms with Gasteiger partial charge in [0.15, 0.2) is 12.4 Å². The average molecular weight is 520 g/mol. The number of carbonyl (C=O) groups excluding carboxylic acids is 1. The van der Waals surface area contributed by atoms with E-state index in [9.17, 15) is 4.79 Å². The van der Waals surface area contributed by atoms with E-state index < -0.39 is 5.60 Å². The number of anilines is 1. The van der Waals surface area contributed by atoms with Crippen LogP contribution in [-0.2, 0) is 16.5 Å².